The van der Waals surface area contributed by atoms with E-state index >= 15 is 0 Å². The quantitative estimate of drug-likeness (QED) is 0.847. The average Bonchev–Trinajstić information content (AvgIpc) is 2.56. The zero-order valence-corrected chi connectivity index (χ0v) is 14.6. The maximum Gasteiger partial charge on any atom is 0.253 e. The minimum atomic E-state index is -0.461. The maximum atomic E-state index is 13.3. The molecule has 0 aliphatic rings. The van der Waals surface area contributed by atoms with Crippen molar-refractivity contribution in [1.82, 2.24) is 5.32 Å². The predicted octanol–water partition coefficient (Wildman–Crippen LogP) is 4.10. The molecule has 2 rings (SSSR count). The zero-order chi connectivity index (χ0) is 17.0. The molecule has 0 radical (unpaired) electrons. The second-order valence-electron chi connectivity index (χ2n) is 4.93. The lowest BCUT2D eigenvalue weighted by Gasteiger charge is -2.17. The summed E-state index contributed by atoms with van der Waals surface area (Å²) in [7, 11) is 3.11. The molecule has 23 heavy (non-hydrogen) atoms. The SMILES string of the molecule is COc1ccc(C(C)NC(=O)c2cc(F)ccc2Br)cc1OC. The number of halogens is 2. The van der Waals surface area contributed by atoms with Gasteiger partial charge in [0, 0.05) is 4.47 Å². The first kappa shape index (κ1) is 17.3. The molecule has 0 aromatic heterocycles. The van der Waals surface area contributed by atoms with Crippen LogP contribution in [-0.4, -0.2) is 20.1 Å². The summed E-state index contributed by atoms with van der Waals surface area (Å²) in [5.41, 5.74) is 1.10. The molecule has 2 aromatic rings. The Labute approximate surface area is 142 Å². The minimum Gasteiger partial charge on any atom is -0.493 e. The highest BCUT2D eigenvalue weighted by Crippen LogP contribution is 2.30. The van der Waals surface area contributed by atoms with Gasteiger partial charge >= 0.3 is 0 Å². The van der Waals surface area contributed by atoms with Crippen molar-refractivity contribution in [3.05, 3.63) is 57.8 Å². The average molecular weight is 382 g/mol. The largest absolute Gasteiger partial charge is 0.493 e. The molecular weight excluding hydrogens is 365 g/mol. The third-order valence-electron chi connectivity index (χ3n) is 3.43. The van der Waals surface area contributed by atoms with E-state index in [2.05, 4.69) is 21.2 Å². The van der Waals surface area contributed by atoms with Gasteiger partial charge in [-0.25, -0.2) is 4.39 Å². The number of nitrogens with one attached hydrogen (secondary N) is 1. The molecule has 0 bridgehead atoms. The Morgan fingerprint density at radius 1 is 1.13 bits per heavy atom. The highest BCUT2D eigenvalue weighted by atomic mass is 79.9. The number of carbonyl (C=O) groups excluding carboxylic acids is 1. The molecule has 1 unspecified atom stereocenters. The molecule has 0 fully saturated rings. The normalized spacial score (nSPS) is 11.7. The molecule has 0 heterocycles. The molecule has 6 heteroatoms. The summed E-state index contributed by atoms with van der Waals surface area (Å²) in [6.45, 7) is 1.84. The number of rotatable bonds is 5. The first-order chi connectivity index (χ1) is 11.0. The highest BCUT2D eigenvalue weighted by Gasteiger charge is 2.16. The fourth-order valence-corrected chi connectivity index (χ4v) is 2.58. The number of hydrogen-bond donors (Lipinski definition) is 1. The van der Waals surface area contributed by atoms with Gasteiger partial charge in [0.1, 0.15) is 5.82 Å². The van der Waals surface area contributed by atoms with E-state index in [1.54, 1.807) is 26.4 Å². The maximum absolute atomic E-state index is 13.3. The van der Waals surface area contributed by atoms with Crippen LogP contribution in [0.4, 0.5) is 4.39 Å². The molecular formula is C17H17BrFNO3. The van der Waals surface area contributed by atoms with Crippen LogP contribution in [-0.2, 0) is 0 Å². The Hall–Kier alpha value is -2.08. The lowest BCUT2D eigenvalue weighted by molar-refractivity contribution is 0.0938. The molecule has 4 nitrogen and oxygen atoms in total. The Morgan fingerprint density at radius 3 is 2.48 bits per heavy atom. The van der Waals surface area contributed by atoms with Crippen molar-refractivity contribution >= 4 is 21.8 Å². The van der Waals surface area contributed by atoms with Crippen molar-refractivity contribution in [1.29, 1.82) is 0 Å². The second-order valence-corrected chi connectivity index (χ2v) is 5.79. The number of methoxy groups -OCH3 is 2. The van der Waals surface area contributed by atoms with Crippen LogP contribution in [0.25, 0.3) is 0 Å². The molecule has 0 spiro atoms. The Balaban J connectivity index is 2.19. The van der Waals surface area contributed by atoms with Gasteiger partial charge in [0.25, 0.3) is 5.91 Å². The van der Waals surface area contributed by atoms with Crippen LogP contribution >= 0.6 is 15.9 Å². The number of hydrogen-bond acceptors (Lipinski definition) is 3. The number of benzene rings is 2. The van der Waals surface area contributed by atoms with Crippen LogP contribution in [0.5, 0.6) is 11.5 Å². The first-order valence-corrected chi connectivity index (χ1v) is 7.73. The first-order valence-electron chi connectivity index (χ1n) is 6.94. The fourth-order valence-electron chi connectivity index (χ4n) is 2.15. The summed E-state index contributed by atoms with van der Waals surface area (Å²) in [6, 6.07) is 9.12. The summed E-state index contributed by atoms with van der Waals surface area (Å²) in [5, 5.41) is 2.84. The van der Waals surface area contributed by atoms with Gasteiger partial charge in [-0.1, -0.05) is 6.07 Å². The van der Waals surface area contributed by atoms with E-state index in [0.717, 1.165) is 5.56 Å². The van der Waals surface area contributed by atoms with Crippen LogP contribution in [0, 0.1) is 5.82 Å². The lowest BCUT2D eigenvalue weighted by Crippen LogP contribution is -2.27. The van der Waals surface area contributed by atoms with Crippen molar-refractivity contribution in [2.45, 2.75) is 13.0 Å². The summed E-state index contributed by atoms with van der Waals surface area (Å²) in [6.07, 6.45) is 0. The number of amides is 1. The Bertz CT molecular complexity index is 721. The monoisotopic (exact) mass is 381 g/mol. The van der Waals surface area contributed by atoms with E-state index in [9.17, 15) is 9.18 Å². The smallest absolute Gasteiger partial charge is 0.253 e. The molecule has 122 valence electrons. The van der Waals surface area contributed by atoms with Gasteiger partial charge in [-0.3, -0.25) is 4.79 Å². The van der Waals surface area contributed by atoms with Gasteiger partial charge in [-0.05, 0) is 58.7 Å². The Kier molecular flexibility index (Phi) is 5.60. The topological polar surface area (TPSA) is 47.6 Å². The third kappa shape index (κ3) is 4.01. The van der Waals surface area contributed by atoms with Crippen LogP contribution in [0.15, 0.2) is 40.9 Å². The van der Waals surface area contributed by atoms with Crippen molar-refractivity contribution in [3.63, 3.8) is 0 Å². The van der Waals surface area contributed by atoms with Gasteiger partial charge < -0.3 is 14.8 Å². The van der Waals surface area contributed by atoms with Crippen molar-refractivity contribution in [3.8, 4) is 11.5 Å². The van der Waals surface area contributed by atoms with Crippen molar-refractivity contribution in [2.75, 3.05) is 14.2 Å². The summed E-state index contributed by atoms with van der Waals surface area (Å²) in [5.74, 6) is 0.372. The second kappa shape index (κ2) is 7.46. The van der Waals surface area contributed by atoms with E-state index in [-0.39, 0.29) is 17.5 Å². The van der Waals surface area contributed by atoms with Crippen LogP contribution in [0.2, 0.25) is 0 Å². The van der Waals surface area contributed by atoms with Gasteiger partial charge in [0.2, 0.25) is 0 Å². The third-order valence-corrected chi connectivity index (χ3v) is 4.12. The van der Waals surface area contributed by atoms with E-state index in [4.69, 9.17) is 9.47 Å². The number of carbonyl (C=O) groups is 1. The summed E-state index contributed by atoms with van der Waals surface area (Å²) < 4.78 is 24.3. The van der Waals surface area contributed by atoms with Gasteiger partial charge in [-0.2, -0.15) is 0 Å². The van der Waals surface area contributed by atoms with E-state index in [1.165, 1.54) is 18.2 Å². The predicted molar refractivity (Wildman–Crippen MR) is 89.5 cm³/mol. The van der Waals surface area contributed by atoms with Gasteiger partial charge in [0.15, 0.2) is 11.5 Å². The van der Waals surface area contributed by atoms with Crippen LogP contribution < -0.4 is 14.8 Å². The zero-order valence-electron chi connectivity index (χ0n) is 13.0. The van der Waals surface area contributed by atoms with Gasteiger partial charge in [-0.15, -0.1) is 0 Å². The molecule has 0 aliphatic heterocycles. The molecule has 2 aromatic carbocycles. The summed E-state index contributed by atoms with van der Waals surface area (Å²) in [4.78, 5) is 12.3. The fraction of sp³-hybridized carbons (Fsp3) is 0.235. The van der Waals surface area contributed by atoms with E-state index in [1.807, 2.05) is 13.0 Å². The van der Waals surface area contributed by atoms with Crippen LogP contribution in [0.1, 0.15) is 28.9 Å². The van der Waals surface area contributed by atoms with Crippen molar-refractivity contribution in [2.24, 2.45) is 0 Å². The molecule has 1 N–H and O–H groups in total. The molecule has 0 saturated carbocycles. The number of ether oxygens (including phenoxy) is 2. The van der Waals surface area contributed by atoms with E-state index < -0.39 is 5.82 Å². The highest BCUT2D eigenvalue weighted by molar-refractivity contribution is 9.10. The Morgan fingerprint density at radius 2 is 1.83 bits per heavy atom. The molecule has 0 aliphatic carbocycles. The lowest BCUT2D eigenvalue weighted by atomic mass is 10.1. The molecule has 1 amide bonds. The van der Waals surface area contributed by atoms with Gasteiger partial charge in [0.05, 0.1) is 25.8 Å². The van der Waals surface area contributed by atoms with Crippen molar-refractivity contribution < 1.29 is 18.7 Å². The molecule has 1 atom stereocenters. The van der Waals surface area contributed by atoms with Crippen LogP contribution in [0.3, 0.4) is 0 Å². The summed E-state index contributed by atoms with van der Waals surface area (Å²) >= 11 is 3.25. The van der Waals surface area contributed by atoms with E-state index in [0.29, 0.717) is 16.0 Å². The standard InChI is InChI=1S/C17H17BrFNO3/c1-10(11-4-7-15(22-2)16(8-11)23-3)20-17(21)13-9-12(19)5-6-14(13)18/h4-10H,1-3H3,(H,20,21). The molecule has 0 saturated heterocycles. The minimum absolute atomic E-state index is 0.248.